The fourth-order valence-electron chi connectivity index (χ4n) is 3.00. The highest BCUT2D eigenvalue weighted by Crippen LogP contribution is 2.30. The fraction of sp³-hybridized carbons (Fsp3) is 0.562. The Hall–Kier alpha value is -1.64. The van der Waals surface area contributed by atoms with Gasteiger partial charge in [0.25, 0.3) is 5.91 Å². The summed E-state index contributed by atoms with van der Waals surface area (Å²) in [4.78, 5) is 16.8. The minimum atomic E-state index is -3.86. The summed E-state index contributed by atoms with van der Waals surface area (Å²) in [6.45, 7) is 4.08. The summed E-state index contributed by atoms with van der Waals surface area (Å²) in [7, 11) is -2.41. The van der Waals surface area contributed by atoms with Gasteiger partial charge in [0.05, 0.1) is 17.6 Å². The molecule has 2 aliphatic rings. The molecule has 1 saturated heterocycles. The van der Waals surface area contributed by atoms with Gasteiger partial charge in [0.2, 0.25) is 10.0 Å². The molecule has 1 saturated carbocycles. The van der Waals surface area contributed by atoms with E-state index in [1.54, 1.807) is 4.90 Å². The van der Waals surface area contributed by atoms with Crippen LogP contribution in [0.15, 0.2) is 23.1 Å². The number of benzene rings is 1. The number of hydrogen-bond acceptors (Lipinski definition) is 5. The molecule has 0 bridgehead atoms. The molecular weight excluding hydrogens is 330 g/mol. The molecule has 1 aromatic carbocycles. The first-order valence-corrected chi connectivity index (χ1v) is 9.65. The van der Waals surface area contributed by atoms with E-state index in [2.05, 4.69) is 4.90 Å². The lowest BCUT2D eigenvalue weighted by Crippen LogP contribution is -2.49. The van der Waals surface area contributed by atoms with Crippen LogP contribution in [-0.2, 0) is 10.0 Å². The summed E-state index contributed by atoms with van der Waals surface area (Å²) in [6, 6.07) is 4.11. The lowest BCUT2D eigenvalue weighted by molar-refractivity contribution is 0.0628. The standard InChI is InChI=1S/C16H23N3O4S/c1-23-15-5-4-13(24(17,21)22)10-14(15)16(20)19-8-6-18(7-9-19)11-12-2-3-12/h4-5,10,12H,2-3,6-9,11H2,1H3,(H2,17,21,22). The minimum Gasteiger partial charge on any atom is -0.496 e. The quantitative estimate of drug-likeness (QED) is 0.833. The predicted octanol–water partition coefficient (Wildman–Crippen LogP) is 0.510. The molecule has 24 heavy (non-hydrogen) atoms. The van der Waals surface area contributed by atoms with Crippen molar-refractivity contribution in [3.63, 3.8) is 0 Å². The Bertz CT molecular complexity index is 723. The predicted molar refractivity (Wildman–Crippen MR) is 89.4 cm³/mol. The van der Waals surface area contributed by atoms with E-state index in [9.17, 15) is 13.2 Å². The molecule has 0 aromatic heterocycles. The first kappa shape index (κ1) is 17.2. The number of primary sulfonamides is 1. The van der Waals surface area contributed by atoms with E-state index < -0.39 is 10.0 Å². The smallest absolute Gasteiger partial charge is 0.257 e. The molecule has 3 rings (SSSR count). The summed E-state index contributed by atoms with van der Waals surface area (Å²) in [5.74, 6) is 0.968. The third kappa shape index (κ3) is 3.88. The molecule has 1 amide bonds. The molecule has 1 heterocycles. The minimum absolute atomic E-state index is 0.0842. The van der Waals surface area contributed by atoms with E-state index >= 15 is 0 Å². The maximum Gasteiger partial charge on any atom is 0.257 e. The molecule has 132 valence electrons. The van der Waals surface area contributed by atoms with Crippen molar-refractivity contribution in [3.8, 4) is 5.75 Å². The van der Waals surface area contributed by atoms with Crippen LogP contribution in [0.1, 0.15) is 23.2 Å². The van der Waals surface area contributed by atoms with Gasteiger partial charge in [-0.2, -0.15) is 0 Å². The number of nitrogens with two attached hydrogens (primary N) is 1. The third-order valence-corrected chi connectivity index (χ3v) is 5.51. The van der Waals surface area contributed by atoms with E-state index in [1.165, 1.54) is 38.2 Å². The number of amides is 1. The molecule has 0 unspecified atom stereocenters. The van der Waals surface area contributed by atoms with E-state index in [0.717, 1.165) is 25.6 Å². The Morgan fingerprint density at radius 3 is 2.46 bits per heavy atom. The second-order valence-electron chi connectivity index (χ2n) is 6.44. The molecule has 8 heteroatoms. The van der Waals surface area contributed by atoms with Crippen LogP contribution in [0.5, 0.6) is 5.75 Å². The van der Waals surface area contributed by atoms with Crippen molar-refractivity contribution in [2.75, 3.05) is 39.8 Å². The van der Waals surface area contributed by atoms with Crippen molar-refractivity contribution in [3.05, 3.63) is 23.8 Å². The Morgan fingerprint density at radius 2 is 1.92 bits per heavy atom. The highest BCUT2D eigenvalue weighted by molar-refractivity contribution is 7.89. The molecule has 0 atom stereocenters. The summed E-state index contributed by atoms with van der Waals surface area (Å²) in [5, 5.41) is 5.17. The third-order valence-electron chi connectivity index (χ3n) is 4.60. The number of rotatable bonds is 5. The zero-order valence-electron chi connectivity index (χ0n) is 13.8. The van der Waals surface area contributed by atoms with Gasteiger partial charge in [-0.25, -0.2) is 13.6 Å². The number of carbonyl (C=O) groups excluding carboxylic acids is 1. The number of nitrogens with zero attached hydrogens (tertiary/aromatic N) is 2. The molecular formula is C16H23N3O4S. The maximum atomic E-state index is 12.8. The molecule has 2 N–H and O–H groups in total. The van der Waals surface area contributed by atoms with E-state index in [1.807, 2.05) is 0 Å². The van der Waals surface area contributed by atoms with Gasteiger partial charge in [-0.15, -0.1) is 0 Å². The van der Waals surface area contributed by atoms with Crippen molar-refractivity contribution < 1.29 is 17.9 Å². The van der Waals surface area contributed by atoms with E-state index in [4.69, 9.17) is 9.88 Å². The fourth-order valence-corrected chi connectivity index (χ4v) is 3.54. The number of methoxy groups -OCH3 is 1. The van der Waals surface area contributed by atoms with Crippen molar-refractivity contribution in [2.24, 2.45) is 11.1 Å². The maximum absolute atomic E-state index is 12.8. The average molecular weight is 353 g/mol. The number of piperazine rings is 1. The van der Waals surface area contributed by atoms with Gasteiger partial charge in [0.1, 0.15) is 5.75 Å². The van der Waals surface area contributed by atoms with Gasteiger partial charge in [0, 0.05) is 32.7 Å². The Balaban J connectivity index is 1.74. The van der Waals surface area contributed by atoms with Crippen LogP contribution in [0.2, 0.25) is 0 Å². The van der Waals surface area contributed by atoms with E-state index in [-0.39, 0.29) is 16.4 Å². The van der Waals surface area contributed by atoms with Crippen LogP contribution in [0, 0.1) is 5.92 Å². The molecule has 0 radical (unpaired) electrons. The van der Waals surface area contributed by atoms with Crippen molar-refractivity contribution >= 4 is 15.9 Å². The van der Waals surface area contributed by atoms with Crippen molar-refractivity contribution in [1.29, 1.82) is 0 Å². The molecule has 1 aliphatic carbocycles. The molecule has 0 spiro atoms. The van der Waals surface area contributed by atoms with Gasteiger partial charge in [-0.05, 0) is 37.0 Å². The summed E-state index contributed by atoms with van der Waals surface area (Å²) in [6.07, 6.45) is 2.63. The molecule has 2 fully saturated rings. The van der Waals surface area contributed by atoms with Crippen molar-refractivity contribution in [1.82, 2.24) is 9.80 Å². The second kappa shape index (κ2) is 6.70. The van der Waals surface area contributed by atoms with Gasteiger partial charge in [-0.1, -0.05) is 0 Å². The Kier molecular flexibility index (Phi) is 4.80. The summed E-state index contributed by atoms with van der Waals surface area (Å²) >= 11 is 0. The number of sulfonamides is 1. The van der Waals surface area contributed by atoms with Gasteiger partial charge in [-0.3, -0.25) is 9.69 Å². The summed E-state index contributed by atoms with van der Waals surface area (Å²) in [5.41, 5.74) is 0.236. The van der Waals surface area contributed by atoms with Gasteiger partial charge in [0.15, 0.2) is 0 Å². The number of carbonyl (C=O) groups is 1. The lowest BCUT2D eigenvalue weighted by atomic mass is 10.1. The molecule has 1 aliphatic heterocycles. The summed E-state index contributed by atoms with van der Waals surface area (Å²) < 4.78 is 28.3. The topological polar surface area (TPSA) is 92.9 Å². The Labute approximate surface area is 142 Å². The average Bonchev–Trinajstić information content (AvgIpc) is 3.37. The van der Waals surface area contributed by atoms with Crippen LogP contribution in [-0.4, -0.2) is 64.0 Å². The van der Waals surface area contributed by atoms with Gasteiger partial charge >= 0.3 is 0 Å². The zero-order chi connectivity index (χ0) is 17.3. The lowest BCUT2D eigenvalue weighted by Gasteiger charge is -2.35. The zero-order valence-corrected chi connectivity index (χ0v) is 14.6. The van der Waals surface area contributed by atoms with Crippen LogP contribution in [0.3, 0.4) is 0 Å². The Morgan fingerprint density at radius 1 is 1.25 bits per heavy atom. The van der Waals surface area contributed by atoms with Crippen LogP contribution >= 0.6 is 0 Å². The first-order chi connectivity index (χ1) is 11.4. The second-order valence-corrected chi connectivity index (χ2v) is 8.00. The molecule has 1 aromatic rings. The SMILES string of the molecule is COc1ccc(S(N)(=O)=O)cc1C(=O)N1CCN(CC2CC2)CC1. The number of hydrogen-bond donors (Lipinski definition) is 1. The molecule has 7 nitrogen and oxygen atoms in total. The largest absolute Gasteiger partial charge is 0.496 e. The van der Waals surface area contributed by atoms with Crippen LogP contribution < -0.4 is 9.88 Å². The number of ether oxygens (including phenoxy) is 1. The normalized spacial score (nSPS) is 19.3. The van der Waals surface area contributed by atoms with Gasteiger partial charge < -0.3 is 9.64 Å². The first-order valence-electron chi connectivity index (χ1n) is 8.11. The van der Waals surface area contributed by atoms with E-state index in [0.29, 0.717) is 18.8 Å². The monoisotopic (exact) mass is 353 g/mol. The highest BCUT2D eigenvalue weighted by atomic mass is 32.2. The van der Waals surface area contributed by atoms with Crippen molar-refractivity contribution in [2.45, 2.75) is 17.7 Å². The van der Waals surface area contributed by atoms with Crippen LogP contribution in [0.25, 0.3) is 0 Å². The highest BCUT2D eigenvalue weighted by Gasteiger charge is 2.29. The van der Waals surface area contributed by atoms with Crippen LogP contribution in [0.4, 0.5) is 0 Å².